The molecule has 1 fully saturated rings. The number of piperazine rings is 1. The van der Waals surface area contributed by atoms with Crippen LogP contribution in [0.3, 0.4) is 0 Å². The van der Waals surface area contributed by atoms with E-state index in [2.05, 4.69) is 58.1 Å². The first-order valence-corrected chi connectivity index (χ1v) is 10.2. The molecule has 4 rings (SSSR count). The smallest absolute Gasteiger partial charge is 0.137 e. The molecule has 1 aliphatic heterocycles. The number of aryl methyl sites for hydroxylation is 1. The zero-order valence-electron chi connectivity index (χ0n) is 16.4. The van der Waals surface area contributed by atoms with Crippen molar-refractivity contribution in [3.8, 4) is 11.3 Å². The molecule has 0 aliphatic carbocycles. The molecule has 1 aliphatic rings. The molecule has 0 atom stereocenters. The first-order chi connectivity index (χ1) is 13.8. The predicted octanol–water partition coefficient (Wildman–Crippen LogP) is 4.34. The van der Waals surface area contributed by atoms with Gasteiger partial charge in [0, 0.05) is 49.0 Å². The summed E-state index contributed by atoms with van der Waals surface area (Å²) in [5.41, 5.74) is 2.87. The molecule has 0 N–H and O–H groups in total. The van der Waals surface area contributed by atoms with E-state index in [1.54, 1.807) is 0 Å². The molecular formula is C23H27FN4. The molecule has 5 heteroatoms. The molecule has 4 nitrogen and oxygen atoms in total. The summed E-state index contributed by atoms with van der Waals surface area (Å²) in [6.07, 6.45) is 3.06. The standard InChI is InChI=1S/C23H27FN4/c1-2-27-12-14-28(15-13-27)23-21-8-4-3-6-18(21)16-22(26-23)19-9-10-20(25-17-19)7-5-11-24/h3-4,6,8-10,16-17H,2,5,7,11-15H2,1H3. The van der Waals surface area contributed by atoms with E-state index < -0.39 is 0 Å². The number of nitrogens with zero attached hydrogens (tertiary/aromatic N) is 4. The van der Waals surface area contributed by atoms with Crippen LogP contribution in [0.2, 0.25) is 0 Å². The second kappa shape index (κ2) is 8.65. The van der Waals surface area contributed by atoms with Gasteiger partial charge in [0.05, 0.1) is 12.4 Å². The van der Waals surface area contributed by atoms with Crippen LogP contribution in [-0.2, 0) is 6.42 Å². The van der Waals surface area contributed by atoms with Gasteiger partial charge < -0.3 is 9.80 Å². The number of halogens is 1. The van der Waals surface area contributed by atoms with Crippen molar-refractivity contribution in [2.45, 2.75) is 19.8 Å². The van der Waals surface area contributed by atoms with Gasteiger partial charge in [-0.3, -0.25) is 9.37 Å². The van der Waals surface area contributed by atoms with Crippen LogP contribution >= 0.6 is 0 Å². The van der Waals surface area contributed by atoms with Gasteiger partial charge in [0.1, 0.15) is 5.82 Å². The maximum absolute atomic E-state index is 12.4. The lowest BCUT2D eigenvalue weighted by molar-refractivity contribution is 0.271. The molecule has 3 aromatic rings. The summed E-state index contributed by atoms with van der Waals surface area (Å²) in [7, 11) is 0. The summed E-state index contributed by atoms with van der Waals surface area (Å²) in [4.78, 5) is 14.4. The number of alkyl halides is 1. The molecule has 0 spiro atoms. The van der Waals surface area contributed by atoms with Crippen LogP contribution in [0, 0.1) is 0 Å². The van der Waals surface area contributed by atoms with Gasteiger partial charge in [0.2, 0.25) is 0 Å². The minimum atomic E-state index is -0.301. The van der Waals surface area contributed by atoms with E-state index in [-0.39, 0.29) is 6.67 Å². The molecule has 0 saturated carbocycles. The lowest BCUT2D eigenvalue weighted by atomic mass is 10.1. The summed E-state index contributed by atoms with van der Waals surface area (Å²) >= 11 is 0. The van der Waals surface area contributed by atoms with E-state index >= 15 is 0 Å². The molecule has 0 amide bonds. The number of fused-ring (bicyclic) bond motifs is 1. The first kappa shape index (κ1) is 18.8. The highest BCUT2D eigenvalue weighted by Gasteiger charge is 2.19. The molecule has 0 unspecified atom stereocenters. The Morgan fingerprint density at radius 3 is 2.57 bits per heavy atom. The van der Waals surface area contributed by atoms with Crippen LogP contribution in [0.15, 0.2) is 48.7 Å². The van der Waals surface area contributed by atoms with Crippen molar-refractivity contribution < 1.29 is 4.39 Å². The number of anilines is 1. The minimum absolute atomic E-state index is 0.301. The summed E-state index contributed by atoms with van der Waals surface area (Å²) < 4.78 is 12.4. The molecule has 1 aromatic carbocycles. The highest BCUT2D eigenvalue weighted by Crippen LogP contribution is 2.30. The van der Waals surface area contributed by atoms with Crippen LogP contribution < -0.4 is 4.90 Å². The molecular weight excluding hydrogens is 351 g/mol. The third-order valence-electron chi connectivity index (χ3n) is 5.53. The molecule has 0 bridgehead atoms. The van der Waals surface area contributed by atoms with Crippen molar-refractivity contribution in [2.75, 3.05) is 44.3 Å². The van der Waals surface area contributed by atoms with Crippen LogP contribution in [0.25, 0.3) is 22.0 Å². The minimum Gasteiger partial charge on any atom is -0.354 e. The van der Waals surface area contributed by atoms with Gasteiger partial charge in [0.25, 0.3) is 0 Å². The Morgan fingerprint density at radius 2 is 1.86 bits per heavy atom. The quantitative estimate of drug-likeness (QED) is 0.639. The van der Waals surface area contributed by atoms with E-state index in [1.165, 1.54) is 10.8 Å². The van der Waals surface area contributed by atoms with E-state index in [0.717, 1.165) is 55.5 Å². The second-order valence-electron chi connectivity index (χ2n) is 7.30. The summed E-state index contributed by atoms with van der Waals surface area (Å²) in [5, 5.41) is 2.39. The average Bonchev–Trinajstić information content (AvgIpc) is 2.77. The van der Waals surface area contributed by atoms with Crippen molar-refractivity contribution >= 4 is 16.6 Å². The van der Waals surface area contributed by atoms with Crippen molar-refractivity contribution in [1.29, 1.82) is 0 Å². The fraction of sp³-hybridized carbons (Fsp3) is 0.391. The van der Waals surface area contributed by atoms with Crippen molar-refractivity contribution in [3.63, 3.8) is 0 Å². The number of pyridine rings is 2. The van der Waals surface area contributed by atoms with Crippen molar-refractivity contribution in [1.82, 2.24) is 14.9 Å². The molecule has 146 valence electrons. The van der Waals surface area contributed by atoms with Crippen LogP contribution in [-0.4, -0.2) is 54.3 Å². The molecule has 28 heavy (non-hydrogen) atoms. The zero-order chi connectivity index (χ0) is 19.3. The monoisotopic (exact) mass is 378 g/mol. The predicted molar refractivity (Wildman–Crippen MR) is 114 cm³/mol. The fourth-order valence-electron chi connectivity index (χ4n) is 3.82. The van der Waals surface area contributed by atoms with Gasteiger partial charge in [-0.15, -0.1) is 0 Å². The fourth-order valence-corrected chi connectivity index (χ4v) is 3.82. The lowest BCUT2D eigenvalue weighted by Crippen LogP contribution is -2.46. The Morgan fingerprint density at radius 1 is 1.04 bits per heavy atom. The van der Waals surface area contributed by atoms with E-state index in [0.29, 0.717) is 12.8 Å². The van der Waals surface area contributed by atoms with Crippen LogP contribution in [0.1, 0.15) is 19.0 Å². The number of hydrogen-bond donors (Lipinski definition) is 0. The van der Waals surface area contributed by atoms with Crippen LogP contribution in [0.5, 0.6) is 0 Å². The highest BCUT2D eigenvalue weighted by atomic mass is 19.1. The SMILES string of the molecule is CCN1CCN(c2nc(-c3ccc(CCCF)nc3)cc3ccccc23)CC1. The number of aromatic nitrogens is 2. The molecule has 0 radical (unpaired) electrons. The van der Waals surface area contributed by atoms with E-state index in [4.69, 9.17) is 4.98 Å². The average molecular weight is 378 g/mol. The van der Waals surface area contributed by atoms with Gasteiger partial charge >= 0.3 is 0 Å². The maximum atomic E-state index is 12.4. The normalized spacial score (nSPS) is 15.3. The Hall–Kier alpha value is -2.53. The largest absolute Gasteiger partial charge is 0.354 e. The molecule has 3 heterocycles. The van der Waals surface area contributed by atoms with Crippen molar-refractivity contribution in [2.24, 2.45) is 0 Å². The number of rotatable bonds is 6. The summed E-state index contributed by atoms with van der Waals surface area (Å²) in [6, 6.07) is 14.6. The lowest BCUT2D eigenvalue weighted by Gasteiger charge is -2.35. The van der Waals surface area contributed by atoms with Crippen LogP contribution in [0.4, 0.5) is 10.2 Å². The van der Waals surface area contributed by atoms with E-state index in [1.807, 2.05) is 12.3 Å². The Labute approximate surface area is 166 Å². The van der Waals surface area contributed by atoms with E-state index in [9.17, 15) is 4.39 Å². The van der Waals surface area contributed by atoms with Gasteiger partial charge in [-0.05, 0) is 43.0 Å². The molecule has 2 aromatic heterocycles. The molecule has 1 saturated heterocycles. The van der Waals surface area contributed by atoms with Crippen molar-refractivity contribution in [3.05, 3.63) is 54.4 Å². The topological polar surface area (TPSA) is 32.3 Å². The summed E-state index contributed by atoms with van der Waals surface area (Å²) in [6.45, 7) is 7.15. The summed E-state index contributed by atoms with van der Waals surface area (Å²) in [5.74, 6) is 1.06. The zero-order valence-corrected chi connectivity index (χ0v) is 16.4. The Balaban J connectivity index is 1.68. The first-order valence-electron chi connectivity index (χ1n) is 10.2. The third kappa shape index (κ3) is 3.99. The van der Waals surface area contributed by atoms with Gasteiger partial charge in [-0.1, -0.05) is 31.2 Å². The van der Waals surface area contributed by atoms with Gasteiger partial charge in [0.15, 0.2) is 0 Å². The maximum Gasteiger partial charge on any atom is 0.137 e. The Kier molecular flexibility index (Phi) is 5.81. The number of hydrogen-bond acceptors (Lipinski definition) is 4. The third-order valence-corrected chi connectivity index (χ3v) is 5.53. The number of benzene rings is 1. The van der Waals surface area contributed by atoms with Gasteiger partial charge in [-0.25, -0.2) is 4.98 Å². The van der Waals surface area contributed by atoms with Gasteiger partial charge in [-0.2, -0.15) is 0 Å². The second-order valence-corrected chi connectivity index (χ2v) is 7.30. The Bertz CT molecular complexity index is 918. The highest BCUT2D eigenvalue weighted by molar-refractivity contribution is 5.95. The number of likely N-dealkylation sites (N-methyl/N-ethyl adjacent to an activating group) is 1.